The Morgan fingerprint density at radius 2 is 1.71 bits per heavy atom. The fourth-order valence-electron chi connectivity index (χ4n) is 6.63. The number of methoxy groups -OCH3 is 1. The maximum absolute atomic E-state index is 13.2. The summed E-state index contributed by atoms with van der Waals surface area (Å²) in [6, 6.07) is 30.6. The molecule has 3 heterocycles. The minimum absolute atomic E-state index is 0.175. The molecule has 1 aliphatic rings. The van der Waals surface area contributed by atoms with Gasteiger partial charge in [0.1, 0.15) is 12.4 Å². The zero-order valence-electron chi connectivity index (χ0n) is 30.4. The number of likely N-dealkylation sites (tertiary alicyclic amines) is 1. The molecule has 2 atom stereocenters. The molecule has 0 saturated carbocycles. The summed E-state index contributed by atoms with van der Waals surface area (Å²) in [5.41, 5.74) is 3.81. The van der Waals surface area contributed by atoms with E-state index < -0.39 is 16.1 Å². The molecular weight excluding hydrogens is 740 g/mol. The Morgan fingerprint density at radius 1 is 0.909 bits per heavy atom. The third-order valence-electron chi connectivity index (χ3n) is 9.24. The van der Waals surface area contributed by atoms with Crippen molar-refractivity contribution >= 4 is 55.8 Å². The Morgan fingerprint density at radius 3 is 2.47 bits per heavy atom. The largest absolute Gasteiger partial charge is 0.445 e. The van der Waals surface area contributed by atoms with Gasteiger partial charge in [-0.3, -0.25) is 0 Å². The van der Waals surface area contributed by atoms with Crippen molar-refractivity contribution in [3.63, 3.8) is 0 Å². The number of anilines is 3. The van der Waals surface area contributed by atoms with Crippen LogP contribution in [0.4, 0.5) is 22.1 Å². The van der Waals surface area contributed by atoms with Gasteiger partial charge in [0.2, 0.25) is 21.9 Å². The van der Waals surface area contributed by atoms with Crippen LogP contribution in [0.5, 0.6) is 11.6 Å². The van der Waals surface area contributed by atoms with E-state index in [1.54, 1.807) is 72.9 Å². The smallest absolute Gasteiger partial charge is 0.410 e. The quantitative estimate of drug-likeness (QED) is 0.137. The van der Waals surface area contributed by atoms with Crippen molar-refractivity contribution < 1.29 is 27.4 Å². The number of nitrogens with zero attached hydrogens (tertiary/aromatic N) is 5. The van der Waals surface area contributed by atoms with Crippen LogP contribution in [-0.4, -0.2) is 73.0 Å². The van der Waals surface area contributed by atoms with Crippen LogP contribution in [0.25, 0.3) is 22.0 Å². The summed E-state index contributed by atoms with van der Waals surface area (Å²) in [5, 5.41) is 5.24. The van der Waals surface area contributed by atoms with Crippen molar-refractivity contribution in [2.45, 2.75) is 32.1 Å². The number of aryl methyl sites for hydroxylation is 1. The lowest BCUT2D eigenvalue weighted by Gasteiger charge is -2.36. The summed E-state index contributed by atoms with van der Waals surface area (Å²) in [5.74, 6) is 1.18. The average molecular weight is 779 g/mol. The highest BCUT2D eigenvalue weighted by atomic mass is 35.5. The normalized spacial score (nSPS) is 15.7. The second-order valence-corrected chi connectivity index (χ2v) is 15.5. The van der Waals surface area contributed by atoms with Gasteiger partial charge in [-0.15, -0.1) is 0 Å². The Balaban J connectivity index is 1.15. The van der Waals surface area contributed by atoms with Crippen LogP contribution >= 0.6 is 11.6 Å². The third kappa shape index (κ3) is 8.64. The molecule has 0 aliphatic carbocycles. The minimum atomic E-state index is -3.76. The molecule has 1 aliphatic heterocycles. The predicted molar refractivity (Wildman–Crippen MR) is 213 cm³/mol. The number of nitrogens with one attached hydrogen (secondary N) is 1. The molecule has 1 N–H and O–H groups in total. The lowest BCUT2D eigenvalue weighted by Crippen LogP contribution is -2.51. The molecule has 282 valence electrons. The van der Waals surface area contributed by atoms with E-state index >= 15 is 0 Å². The molecule has 2 unspecified atom stereocenters. The lowest BCUT2D eigenvalue weighted by atomic mass is 10.0. The number of sulfonamides is 1. The topological polar surface area (TPSA) is 136 Å². The SMILES string of the molecule is COC1CC(Nc2nccc(-c3cccnc3Oc3c(C)ccc4c(N(c5ccc(Cl)cc5)S(C)(=O)=O)cccc34)n2)CN(C(=O)OCc2ccccc2)C1. The predicted octanol–water partition coefficient (Wildman–Crippen LogP) is 8.38. The maximum Gasteiger partial charge on any atom is 0.410 e. The van der Waals surface area contributed by atoms with Gasteiger partial charge in [-0.1, -0.05) is 66.2 Å². The number of hydrogen-bond acceptors (Lipinski definition) is 10. The minimum Gasteiger partial charge on any atom is -0.445 e. The summed E-state index contributed by atoms with van der Waals surface area (Å²) in [4.78, 5) is 28.6. The standard InChI is InChI=1S/C41H39ClN6O6S/c1-27-14-19-33-34(11-7-13-37(33)48(55(3,50)51)31-17-15-29(42)16-18-31)38(27)54-39-35(12-8-21-43-39)36-20-22-44-40(46-36)45-30-23-32(52-2)25-47(24-30)41(49)53-26-28-9-5-4-6-10-28/h4-22,30,32H,23-26H2,1-3H3,(H,44,45,46). The van der Waals surface area contributed by atoms with Gasteiger partial charge in [-0.2, -0.15) is 0 Å². The van der Waals surface area contributed by atoms with Crippen LogP contribution in [0.3, 0.4) is 0 Å². The van der Waals surface area contributed by atoms with Gasteiger partial charge in [0.15, 0.2) is 0 Å². The number of aromatic nitrogens is 3. The molecule has 55 heavy (non-hydrogen) atoms. The average Bonchev–Trinajstić information content (AvgIpc) is 3.19. The van der Waals surface area contributed by atoms with Gasteiger partial charge >= 0.3 is 6.09 Å². The van der Waals surface area contributed by atoms with Crippen molar-refractivity contribution in [1.29, 1.82) is 0 Å². The molecular formula is C41H39ClN6O6S. The number of piperidine rings is 1. The van der Waals surface area contributed by atoms with Crippen LogP contribution < -0.4 is 14.4 Å². The Labute approximate surface area is 324 Å². The van der Waals surface area contributed by atoms with Crippen molar-refractivity contribution in [3.8, 4) is 22.9 Å². The number of pyridine rings is 1. The molecule has 0 bridgehead atoms. The zero-order chi connectivity index (χ0) is 38.5. The molecule has 0 radical (unpaired) electrons. The third-order valence-corrected chi connectivity index (χ3v) is 10.6. The number of carbonyl (C=O) groups is 1. The number of ether oxygens (including phenoxy) is 3. The van der Waals surface area contributed by atoms with E-state index in [4.69, 9.17) is 30.8 Å². The van der Waals surface area contributed by atoms with Gasteiger partial charge in [0.25, 0.3) is 0 Å². The zero-order valence-corrected chi connectivity index (χ0v) is 32.0. The summed E-state index contributed by atoms with van der Waals surface area (Å²) in [6.07, 6.45) is 4.44. The van der Waals surface area contributed by atoms with Gasteiger partial charge < -0.3 is 24.4 Å². The number of carbonyl (C=O) groups excluding carboxylic acids is 1. The fourth-order valence-corrected chi connectivity index (χ4v) is 7.78. The van der Waals surface area contributed by atoms with E-state index in [2.05, 4.69) is 15.3 Å². The second-order valence-electron chi connectivity index (χ2n) is 13.2. The van der Waals surface area contributed by atoms with Crippen molar-refractivity contribution in [2.24, 2.45) is 0 Å². The number of rotatable bonds is 11. The lowest BCUT2D eigenvalue weighted by molar-refractivity contribution is 0.0180. The summed E-state index contributed by atoms with van der Waals surface area (Å²) in [7, 11) is -2.13. The fraction of sp³-hybridized carbons (Fsp3) is 0.220. The molecule has 12 nitrogen and oxygen atoms in total. The molecule has 14 heteroatoms. The van der Waals surface area contributed by atoms with E-state index in [0.29, 0.717) is 75.5 Å². The molecule has 4 aromatic carbocycles. The highest BCUT2D eigenvalue weighted by Gasteiger charge is 2.32. The van der Waals surface area contributed by atoms with Gasteiger partial charge in [-0.25, -0.2) is 32.5 Å². The molecule has 1 saturated heterocycles. The van der Waals surface area contributed by atoms with Gasteiger partial charge in [-0.05, 0) is 73.0 Å². The molecule has 6 aromatic rings. The van der Waals surface area contributed by atoms with Gasteiger partial charge in [0.05, 0.1) is 41.5 Å². The number of amides is 1. The number of benzene rings is 4. The molecule has 2 aromatic heterocycles. The first kappa shape index (κ1) is 37.6. The highest BCUT2D eigenvalue weighted by Crippen LogP contribution is 2.42. The first-order valence-electron chi connectivity index (χ1n) is 17.6. The monoisotopic (exact) mass is 778 g/mol. The van der Waals surface area contributed by atoms with E-state index in [1.807, 2.05) is 61.5 Å². The van der Waals surface area contributed by atoms with E-state index in [9.17, 15) is 13.2 Å². The van der Waals surface area contributed by atoms with Crippen molar-refractivity contribution in [3.05, 3.63) is 132 Å². The molecule has 0 spiro atoms. The Bertz CT molecular complexity index is 2420. The van der Waals surface area contributed by atoms with Crippen LogP contribution in [0.1, 0.15) is 17.5 Å². The number of halogens is 1. The first-order chi connectivity index (χ1) is 26.6. The summed E-state index contributed by atoms with van der Waals surface area (Å²) >= 11 is 6.13. The van der Waals surface area contributed by atoms with Crippen molar-refractivity contribution in [1.82, 2.24) is 19.9 Å². The van der Waals surface area contributed by atoms with E-state index in [1.165, 1.54) is 10.6 Å². The Hall–Kier alpha value is -5.76. The second kappa shape index (κ2) is 16.3. The molecule has 1 fully saturated rings. The highest BCUT2D eigenvalue weighted by molar-refractivity contribution is 7.92. The van der Waals surface area contributed by atoms with E-state index in [0.717, 1.165) is 11.1 Å². The van der Waals surface area contributed by atoms with Crippen LogP contribution in [0, 0.1) is 6.92 Å². The summed E-state index contributed by atoms with van der Waals surface area (Å²) in [6.45, 7) is 2.87. The number of hydrogen-bond donors (Lipinski definition) is 1. The van der Waals surface area contributed by atoms with Crippen molar-refractivity contribution in [2.75, 3.05) is 36.1 Å². The van der Waals surface area contributed by atoms with E-state index in [-0.39, 0.29) is 18.8 Å². The maximum atomic E-state index is 13.2. The molecule has 1 amide bonds. The van der Waals surface area contributed by atoms with Crippen LogP contribution in [0.2, 0.25) is 5.02 Å². The molecule has 7 rings (SSSR count). The summed E-state index contributed by atoms with van der Waals surface area (Å²) < 4.78 is 45.6. The van der Waals surface area contributed by atoms with Crippen LogP contribution in [-0.2, 0) is 26.1 Å². The Kier molecular flexibility index (Phi) is 11.1. The number of fused-ring (bicyclic) bond motifs is 1. The van der Waals surface area contributed by atoms with Crippen LogP contribution in [0.15, 0.2) is 116 Å². The van der Waals surface area contributed by atoms with Gasteiger partial charge in [0, 0.05) is 47.9 Å². The first-order valence-corrected chi connectivity index (χ1v) is 19.8.